The highest BCUT2D eigenvalue weighted by Crippen LogP contribution is 2.47. The summed E-state index contributed by atoms with van der Waals surface area (Å²) in [7, 11) is 0. The van der Waals surface area contributed by atoms with Crippen molar-refractivity contribution in [3.63, 3.8) is 0 Å². The minimum absolute atomic E-state index is 0.177. The van der Waals surface area contributed by atoms with Crippen LogP contribution in [-0.2, 0) is 0 Å². The zero-order chi connectivity index (χ0) is 12.3. The second-order valence-electron chi connectivity index (χ2n) is 4.72. The molecule has 0 heterocycles. The summed E-state index contributed by atoms with van der Waals surface area (Å²) in [4.78, 5) is 11.5. The molecule has 0 saturated heterocycles. The van der Waals surface area contributed by atoms with Crippen LogP contribution in [0, 0.1) is 5.41 Å². The summed E-state index contributed by atoms with van der Waals surface area (Å²) in [5.74, 6) is 1.03. The lowest BCUT2D eigenvalue weighted by molar-refractivity contribution is 0.0988. The average Bonchev–Trinajstić information content (AvgIpc) is 3.17. The standard InChI is InChI=1S/C14H17BrO2/c1-2-13(16)11-3-5-12(6-4-11)17-10-14(9-15)7-8-14/h3-6H,2,7-10H2,1H3. The molecule has 1 saturated carbocycles. The Morgan fingerprint density at radius 1 is 1.35 bits per heavy atom. The smallest absolute Gasteiger partial charge is 0.162 e. The van der Waals surface area contributed by atoms with Crippen molar-refractivity contribution in [2.24, 2.45) is 5.41 Å². The van der Waals surface area contributed by atoms with E-state index in [0.717, 1.165) is 23.2 Å². The Morgan fingerprint density at radius 2 is 2.00 bits per heavy atom. The van der Waals surface area contributed by atoms with Crippen LogP contribution in [0.25, 0.3) is 0 Å². The fourth-order valence-corrected chi connectivity index (χ4v) is 2.39. The maximum absolute atomic E-state index is 11.5. The van der Waals surface area contributed by atoms with E-state index in [0.29, 0.717) is 11.8 Å². The van der Waals surface area contributed by atoms with E-state index in [1.165, 1.54) is 12.8 Å². The molecule has 92 valence electrons. The van der Waals surface area contributed by atoms with Crippen LogP contribution in [0.15, 0.2) is 24.3 Å². The molecule has 3 heteroatoms. The minimum Gasteiger partial charge on any atom is -0.493 e. The largest absolute Gasteiger partial charge is 0.493 e. The van der Waals surface area contributed by atoms with Crippen molar-refractivity contribution in [2.75, 3.05) is 11.9 Å². The number of halogens is 1. The molecule has 2 rings (SSSR count). The first-order valence-corrected chi connectivity index (χ1v) is 7.13. The van der Waals surface area contributed by atoms with Crippen LogP contribution in [0.1, 0.15) is 36.5 Å². The normalized spacial score (nSPS) is 16.6. The molecule has 0 radical (unpaired) electrons. The lowest BCUT2D eigenvalue weighted by atomic mass is 10.1. The molecule has 0 spiro atoms. The molecule has 1 aliphatic carbocycles. The Labute approximate surface area is 110 Å². The van der Waals surface area contributed by atoms with Gasteiger partial charge in [-0.05, 0) is 37.1 Å². The highest BCUT2D eigenvalue weighted by atomic mass is 79.9. The monoisotopic (exact) mass is 296 g/mol. The number of benzene rings is 1. The van der Waals surface area contributed by atoms with Gasteiger partial charge in [-0.3, -0.25) is 4.79 Å². The van der Waals surface area contributed by atoms with Gasteiger partial charge in [0.15, 0.2) is 5.78 Å². The van der Waals surface area contributed by atoms with Gasteiger partial charge in [0.1, 0.15) is 5.75 Å². The number of carbonyl (C=O) groups excluding carboxylic acids is 1. The van der Waals surface area contributed by atoms with Gasteiger partial charge in [-0.2, -0.15) is 0 Å². The number of alkyl halides is 1. The van der Waals surface area contributed by atoms with Crippen LogP contribution in [0.5, 0.6) is 5.75 Å². The molecule has 0 bridgehead atoms. The molecule has 1 fully saturated rings. The molecule has 17 heavy (non-hydrogen) atoms. The second-order valence-corrected chi connectivity index (χ2v) is 5.28. The summed E-state index contributed by atoms with van der Waals surface area (Å²) in [5, 5.41) is 1.01. The SMILES string of the molecule is CCC(=O)c1ccc(OCC2(CBr)CC2)cc1. The highest BCUT2D eigenvalue weighted by Gasteiger charge is 2.42. The van der Waals surface area contributed by atoms with Crippen LogP contribution in [-0.4, -0.2) is 17.7 Å². The van der Waals surface area contributed by atoms with E-state index >= 15 is 0 Å². The predicted octanol–water partition coefficient (Wildman–Crippen LogP) is 3.83. The van der Waals surface area contributed by atoms with Gasteiger partial charge in [-0.1, -0.05) is 22.9 Å². The molecule has 1 aliphatic rings. The van der Waals surface area contributed by atoms with Crippen LogP contribution >= 0.6 is 15.9 Å². The summed E-state index contributed by atoms with van der Waals surface area (Å²) >= 11 is 3.52. The van der Waals surface area contributed by atoms with Gasteiger partial charge in [0.2, 0.25) is 0 Å². The number of hydrogen-bond donors (Lipinski definition) is 0. The van der Waals surface area contributed by atoms with Gasteiger partial charge in [0.05, 0.1) is 6.61 Å². The summed E-state index contributed by atoms with van der Waals surface area (Å²) in [6.07, 6.45) is 3.03. The van der Waals surface area contributed by atoms with Gasteiger partial charge in [0.25, 0.3) is 0 Å². The van der Waals surface area contributed by atoms with E-state index in [1.54, 1.807) is 0 Å². The minimum atomic E-state index is 0.177. The van der Waals surface area contributed by atoms with E-state index in [2.05, 4.69) is 15.9 Å². The lowest BCUT2D eigenvalue weighted by Gasteiger charge is -2.13. The summed E-state index contributed by atoms with van der Waals surface area (Å²) in [5.41, 5.74) is 1.12. The summed E-state index contributed by atoms with van der Waals surface area (Å²) < 4.78 is 5.75. The molecular formula is C14H17BrO2. The third-order valence-electron chi connectivity index (χ3n) is 3.28. The van der Waals surface area contributed by atoms with Crippen LogP contribution in [0.4, 0.5) is 0 Å². The highest BCUT2D eigenvalue weighted by molar-refractivity contribution is 9.09. The van der Waals surface area contributed by atoms with Crippen molar-refractivity contribution < 1.29 is 9.53 Å². The molecule has 1 aromatic carbocycles. The van der Waals surface area contributed by atoms with Crippen molar-refractivity contribution in [1.29, 1.82) is 0 Å². The number of ketones is 1. The summed E-state index contributed by atoms with van der Waals surface area (Å²) in [6.45, 7) is 2.64. The van der Waals surface area contributed by atoms with E-state index in [9.17, 15) is 4.79 Å². The van der Waals surface area contributed by atoms with Gasteiger partial charge < -0.3 is 4.74 Å². The van der Waals surface area contributed by atoms with Gasteiger partial charge in [-0.25, -0.2) is 0 Å². The number of carbonyl (C=O) groups is 1. The van der Waals surface area contributed by atoms with Crippen molar-refractivity contribution >= 4 is 21.7 Å². The maximum Gasteiger partial charge on any atom is 0.162 e. The van der Waals surface area contributed by atoms with Crippen LogP contribution in [0.2, 0.25) is 0 Å². The Balaban J connectivity index is 1.92. The van der Waals surface area contributed by atoms with Gasteiger partial charge >= 0.3 is 0 Å². The van der Waals surface area contributed by atoms with E-state index in [4.69, 9.17) is 4.74 Å². The van der Waals surface area contributed by atoms with Crippen molar-refractivity contribution in [3.05, 3.63) is 29.8 Å². The van der Waals surface area contributed by atoms with Crippen LogP contribution in [0.3, 0.4) is 0 Å². The Bertz CT molecular complexity index is 393. The fraction of sp³-hybridized carbons (Fsp3) is 0.500. The topological polar surface area (TPSA) is 26.3 Å². The fourth-order valence-electron chi connectivity index (χ4n) is 1.67. The second kappa shape index (κ2) is 5.21. The molecular weight excluding hydrogens is 280 g/mol. The Kier molecular flexibility index (Phi) is 3.87. The average molecular weight is 297 g/mol. The lowest BCUT2D eigenvalue weighted by Crippen LogP contribution is -2.14. The number of rotatable bonds is 6. The molecule has 0 amide bonds. The Morgan fingerprint density at radius 3 is 2.47 bits per heavy atom. The molecule has 0 unspecified atom stereocenters. The van der Waals surface area contributed by atoms with Crippen molar-refractivity contribution in [2.45, 2.75) is 26.2 Å². The molecule has 0 atom stereocenters. The molecule has 0 aromatic heterocycles. The molecule has 2 nitrogen and oxygen atoms in total. The summed E-state index contributed by atoms with van der Waals surface area (Å²) in [6, 6.07) is 7.45. The first-order valence-electron chi connectivity index (χ1n) is 6.01. The van der Waals surface area contributed by atoms with E-state index in [-0.39, 0.29) is 5.78 Å². The molecule has 0 aliphatic heterocycles. The van der Waals surface area contributed by atoms with E-state index < -0.39 is 0 Å². The molecule has 0 N–H and O–H groups in total. The van der Waals surface area contributed by atoms with Gasteiger partial charge in [0, 0.05) is 22.7 Å². The number of hydrogen-bond acceptors (Lipinski definition) is 2. The third-order valence-corrected chi connectivity index (χ3v) is 4.47. The number of ether oxygens (including phenoxy) is 1. The zero-order valence-electron chi connectivity index (χ0n) is 10.0. The third kappa shape index (κ3) is 3.09. The predicted molar refractivity (Wildman–Crippen MR) is 72.0 cm³/mol. The zero-order valence-corrected chi connectivity index (χ0v) is 11.6. The number of Topliss-reactive ketones (excluding diaryl/α,β-unsaturated/α-hetero) is 1. The van der Waals surface area contributed by atoms with Crippen molar-refractivity contribution in [3.8, 4) is 5.75 Å². The van der Waals surface area contributed by atoms with E-state index in [1.807, 2.05) is 31.2 Å². The van der Waals surface area contributed by atoms with Crippen LogP contribution < -0.4 is 4.74 Å². The molecule has 1 aromatic rings. The Hall–Kier alpha value is -0.830. The quantitative estimate of drug-likeness (QED) is 0.589. The first-order chi connectivity index (χ1) is 8.19. The first kappa shape index (κ1) is 12.6. The van der Waals surface area contributed by atoms with Crippen molar-refractivity contribution in [1.82, 2.24) is 0 Å². The maximum atomic E-state index is 11.5. The van der Waals surface area contributed by atoms with Gasteiger partial charge in [-0.15, -0.1) is 0 Å².